The van der Waals surface area contributed by atoms with Crippen LogP contribution in [0, 0.1) is 0 Å². The molecule has 0 spiro atoms. The average Bonchev–Trinajstić information content (AvgIpc) is 2.68. The van der Waals surface area contributed by atoms with E-state index >= 15 is 0 Å². The monoisotopic (exact) mass is 427 g/mol. The normalized spacial score (nSPS) is 16.6. The van der Waals surface area contributed by atoms with Crippen LogP contribution < -0.4 is 5.32 Å². The first-order valence-electron chi connectivity index (χ1n) is 8.85. The molecule has 1 heterocycles. The van der Waals surface area contributed by atoms with Crippen molar-refractivity contribution in [3.63, 3.8) is 0 Å². The number of halogens is 3. The van der Waals surface area contributed by atoms with Gasteiger partial charge < -0.3 is 10.2 Å². The van der Waals surface area contributed by atoms with Crippen molar-refractivity contribution in [3.05, 3.63) is 59.7 Å². The number of sulfonamides is 1. The van der Waals surface area contributed by atoms with E-state index in [1.165, 1.54) is 40.7 Å². The van der Waals surface area contributed by atoms with Gasteiger partial charge in [0.05, 0.1) is 16.1 Å². The fourth-order valence-electron chi connectivity index (χ4n) is 3.01. The van der Waals surface area contributed by atoms with Crippen molar-refractivity contribution in [1.82, 2.24) is 9.21 Å². The van der Waals surface area contributed by atoms with Crippen molar-refractivity contribution in [3.8, 4) is 0 Å². The Kier molecular flexibility index (Phi) is 5.97. The predicted molar refractivity (Wildman–Crippen MR) is 102 cm³/mol. The number of carbonyl (C=O) groups is 1. The molecule has 0 saturated carbocycles. The summed E-state index contributed by atoms with van der Waals surface area (Å²) in [7, 11) is -1.90. The first-order chi connectivity index (χ1) is 13.6. The SMILES string of the molecule is CN1CCN(S(=O)(=O)c2cccc(C(=O)Nc3ccccc3C(F)(F)F)c2)CC1. The van der Waals surface area contributed by atoms with Crippen molar-refractivity contribution < 1.29 is 26.4 Å². The zero-order valence-corrected chi connectivity index (χ0v) is 16.4. The Labute approximate surface area is 167 Å². The molecule has 2 aromatic rings. The fraction of sp³-hybridized carbons (Fsp3) is 0.316. The quantitative estimate of drug-likeness (QED) is 0.815. The second kappa shape index (κ2) is 8.13. The summed E-state index contributed by atoms with van der Waals surface area (Å²) in [6.07, 6.45) is -4.63. The molecule has 0 radical (unpaired) electrons. The van der Waals surface area contributed by atoms with Crippen molar-refractivity contribution >= 4 is 21.6 Å². The Morgan fingerprint density at radius 3 is 2.31 bits per heavy atom. The lowest BCUT2D eigenvalue weighted by Crippen LogP contribution is -2.47. The summed E-state index contributed by atoms with van der Waals surface area (Å²) < 4.78 is 66.4. The van der Waals surface area contributed by atoms with Gasteiger partial charge in [0.25, 0.3) is 5.91 Å². The van der Waals surface area contributed by atoms with Crippen LogP contribution in [-0.4, -0.2) is 56.8 Å². The minimum absolute atomic E-state index is 0.0443. The van der Waals surface area contributed by atoms with Crippen molar-refractivity contribution in [2.24, 2.45) is 0 Å². The van der Waals surface area contributed by atoms with E-state index in [4.69, 9.17) is 0 Å². The summed E-state index contributed by atoms with van der Waals surface area (Å²) in [6, 6.07) is 9.91. The minimum Gasteiger partial charge on any atom is -0.321 e. The Bertz CT molecular complexity index is 1000. The van der Waals surface area contributed by atoms with Gasteiger partial charge in [0.2, 0.25) is 10.0 Å². The molecule has 0 unspecified atom stereocenters. The van der Waals surface area contributed by atoms with Gasteiger partial charge in [-0.05, 0) is 37.4 Å². The largest absolute Gasteiger partial charge is 0.418 e. The molecule has 2 aromatic carbocycles. The van der Waals surface area contributed by atoms with E-state index in [-0.39, 0.29) is 10.5 Å². The van der Waals surface area contributed by atoms with Crippen molar-refractivity contribution in [1.29, 1.82) is 0 Å². The van der Waals surface area contributed by atoms with Gasteiger partial charge in [0.15, 0.2) is 0 Å². The number of nitrogens with zero attached hydrogens (tertiary/aromatic N) is 2. The molecule has 10 heteroatoms. The van der Waals surface area contributed by atoms with Gasteiger partial charge in [-0.2, -0.15) is 17.5 Å². The number of piperazine rings is 1. The number of nitrogens with one attached hydrogen (secondary N) is 1. The number of hydrogen-bond donors (Lipinski definition) is 1. The van der Waals surface area contributed by atoms with Crippen molar-refractivity contribution in [2.75, 3.05) is 38.5 Å². The minimum atomic E-state index is -4.63. The number of amides is 1. The van der Waals surface area contributed by atoms with Gasteiger partial charge in [-0.25, -0.2) is 8.42 Å². The van der Waals surface area contributed by atoms with E-state index in [2.05, 4.69) is 5.32 Å². The van der Waals surface area contributed by atoms with Crippen LogP contribution >= 0.6 is 0 Å². The number of likely N-dealkylation sites (N-methyl/N-ethyl adjacent to an activating group) is 1. The smallest absolute Gasteiger partial charge is 0.321 e. The van der Waals surface area contributed by atoms with Gasteiger partial charge in [0, 0.05) is 31.7 Å². The lowest BCUT2D eigenvalue weighted by atomic mass is 10.1. The summed E-state index contributed by atoms with van der Waals surface area (Å²) in [6.45, 7) is 1.84. The standard InChI is InChI=1S/C19H20F3N3O3S/c1-24-9-11-25(12-10-24)29(27,28)15-6-4-5-14(13-15)18(26)23-17-8-3-2-7-16(17)19(20,21)22/h2-8,13H,9-12H2,1H3,(H,23,26). The molecule has 1 amide bonds. The third kappa shape index (κ3) is 4.77. The summed E-state index contributed by atoms with van der Waals surface area (Å²) in [4.78, 5) is 14.4. The second-order valence-corrected chi connectivity index (χ2v) is 8.67. The Morgan fingerprint density at radius 1 is 1.00 bits per heavy atom. The number of carbonyl (C=O) groups excluding carboxylic acids is 1. The van der Waals surface area contributed by atoms with Crippen LogP contribution in [0.2, 0.25) is 0 Å². The Balaban J connectivity index is 1.84. The zero-order valence-electron chi connectivity index (χ0n) is 15.6. The molecule has 1 saturated heterocycles. The van der Waals surface area contributed by atoms with Gasteiger partial charge in [-0.15, -0.1) is 0 Å². The Morgan fingerprint density at radius 2 is 1.66 bits per heavy atom. The number of rotatable bonds is 4. The molecular formula is C19H20F3N3O3S. The average molecular weight is 427 g/mol. The Hall–Kier alpha value is -2.43. The maximum absolute atomic E-state index is 13.1. The third-order valence-corrected chi connectivity index (χ3v) is 6.57. The first kappa shape index (κ1) is 21.3. The molecule has 0 bridgehead atoms. The molecular weight excluding hydrogens is 407 g/mol. The maximum Gasteiger partial charge on any atom is 0.418 e. The van der Waals surface area contributed by atoms with Crippen molar-refractivity contribution in [2.45, 2.75) is 11.1 Å². The van der Waals surface area contributed by atoms with Crippen LogP contribution in [0.4, 0.5) is 18.9 Å². The van der Waals surface area contributed by atoms with E-state index in [0.717, 1.165) is 12.1 Å². The molecule has 1 fully saturated rings. The molecule has 29 heavy (non-hydrogen) atoms. The molecule has 1 aliphatic rings. The number of hydrogen-bond acceptors (Lipinski definition) is 4. The highest BCUT2D eigenvalue weighted by Crippen LogP contribution is 2.34. The first-order valence-corrected chi connectivity index (χ1v) is 10.3. The van der Waals surface area contributed by atoms with E-state index in [1.54, 1.807) is 0 Å². The maximum atomic E-state index is 13.1. The fourth-order valence-corrected chi connectivity index (χ4v) is 4.48. The van der Waals surface area contributed by atoms with Crippen LogP contribution in [-0.2, 0) is 16.2 Å². The highest BCUT2D eigenvalue weighted by molar-refractivity contribution is 7.89. The number of alkyl halides is 3. The molecule has 156 valence electrons. The van der Waals surface area contributed by atoms with E-state index < -0.39 is 33.4 Å². The van der Waals surface area contributed by atoms with Gasteiger partial charge in [-0.3, -0.25) is 4.79 Å². The highest BCUT2D eigenvalue weighted by Gasteiger charge is 2.34. The number of benzene rings is 2. The summed E-state index contributed by atoms with van der Waals surface area (Å²) >= 11 is 0. The summed E-state index contributed by atoms with van der Waals surface area (Å²) in [5.41, 5.74) is -1.41. The number of para-hydroxylation sites is 1. The van der Waals surface area contributed by atoms with Gasteiger partial charge in [-0.1, -0.05) is 18.2 Å². The summed E-state index contributed by atoms with van der Waals surface area (Å²) in [5.74, 6) is -0.822. The predicted octanol–water partition coefficient (Wildman–Crippen LogP) is 2.89. The lowest BCUT2D eigenvalue weighted by molar-refractivity contribution is -0.136. The molecule has 1 aliphatic heterocycles. The van der Waals surface area contributed by atoms with Crippen LogP contribution in [0.25, 0.3) is 0 Å². The van der Waals surface area contributed by atoms with E-state index in [1.807, 2.05) is 11.9 Å². The molecule has 6 nitrogen and oxygen atoms in total. The molecule has 0 aromatic heterocycles. The van der Waals surface area contributed by atoms with Gasteiger partial charge in [0.1, 0.15) is 0 Å². The lowest BCUT2D eigenvalue weighted by Gasteiger charge is -2.31. The highest BCUT2D eigenvalue weighted by atomic mass is 32.2. The molecule has 0 atom stereocenters. The summed E-state index contributed by atoms with van der Waals surface area (Å²) in [5, 5.41) is 2.22. The molecule has 1 N–H and O–H groups in total. The number of anilines is 1. The molecule has 3 rings (SSSR count). The van der Waals surface area contributed by atoms with E-state index in [9.17, 15) is 26.4 Å². The van der Waals surface area contributed by atoms with Crippen LogP contribution in [0.5, 0.6) is 0 Å². The van der Waals surface area contributed by atoms with E-state index in [0.29, 0.717) is 26.2 Å². The topological polar surface area (TPSA) is 69.7 Å². The second-order valence-electron chi connectivity index (χ2n) is 6.73. The molecule has 0 aliphatic carbocycles. The van der Waals surface area contributed by atoms with Gasteiger partial charge >= 0.3 is 6.18 Å². The van der Waals surface area contributed by atoms with Crippen LogP contribution in [0.1, 0.15) is 15.9 Å². The third-order valence-electron chi connectivity index (χ3n) is 4.68. The van der Waals surface area contributed by atoms with Crippen LogP contribution in [0.15, 0.2) is 53.4 Å². The zero-order chi connectivity index (χ0) is 21.2. The van der Waals surface area contributed by atoms with Crippen LogP contribution in [0.3, 0.4) is 0 Å².